The molecule has 0 aliphatic carbocycles. The van der Waals surface area contributed by atoms with Gasteiger partial charge in [-0.05, 0) is 30.4 Å². The van der Waals surface area contributed by atoms with E-state index in [4.69, 9.17) is 4.74 Å². The Morgan fingerprint density at radius 2 is 2.24 bits per heavy atom. The minimum atomic E-state index is -0.438. The van der Waals surface area contributed by atoms with Crippen molar-refractivity contribution in [2.24, 2.45) is 5.41 Å². The van der Waals surface area contributed by atoms with Gasteiger partial charge in [0.2, 0.25) is 0 Å². The number of para-hydroxylation sites is 2. The second-order valence-electron chi connectivity index (χ2n) is 5.97. The number of phenols is 1. The molecule has 0 aromatic heterocycles. The fourth-order valence-corrected chi connectivity index (χ4v) is 2.71. The van der Waals surface area contributed by atoms with Gasteiger partial charge < -0.3 is 14.7 Å². The fraction of sp³-hybridized carbons (Fsp3) is 0.500. The molecule has 1 unspecified atom stereocenters. The summed E-state index contributed by atoms with van der Waals surface area (Å²) in [7, 11) is 0. The highest BCUT2D eigenvalue weighted by Crippen LogP contribution is 2.35. The van der Waals surface area contributed by atoms with Crippen LogP contribution in [0.15, 0.2) is 24.3 Å². The van der Waals surface area contributed by atoms with Gasteiger partial charge in [-0.1, -0.05) is 26.0 Å². The molecule has 1 amide bonds. The highest BCUT2D eigenvalue weighted by atomic mass is 16.5. The number of likely N-dealkylation sites (tertiary alicyclic amines) is 1. The first kappa shape index (κ1) is 15.2. The number of nitriles is 1. The first-order valence-electron chi connectivity index (χ1n) is 7.05. The van der Waals surface area contributed by atoms with Gasteiger partial charge in [0.15, 0.2) is 18.1 Å². The second kappa shape index (κ2) is 6.04. The van der Waals surface area contributed by atoms with E-state index in [0.717, 1.165) is 12.8 Å². The topological polar surface area (TPSA) is 73.6 Å². The van der Waals surface area contributed by atoms with Crippen molar-refractivity contribution in [2.75, 3.05) is 13.2 Å². The van der Waals surface area contributed by atoms with Crippen LogP contribution in [-0.2, 0) is 4.79 Å². The van der Waals surface area contributed by atoms with Crippen LogP contribution < -0.4 is 4.74 Å². The Bertz CT molecular complexity index is 563. The van der Waals surface area contributed by atoms with E-state index in [-0.39, 0.29) is 29.4 Å². The molecule has 1 aliphatic heterocycles. The minimum Gasteiger partial charge on any atom is -0.504 e. The van der Waals surface area contributed by atoms with Crippen LogP contribution in [0.1, 0.15) is 26.7 Å². The maximum atomic E-state index is 12.3. The van der Waals surface area contributed by atoms with Crippen LogP contribution in [0.5, 0.6) is 11.5 Å². The quantitative estimate of drug-likeness (QED) is 0.926. The van der Waals surface area contributed by atoms with Gasteiger partial charge in [0.05, 0.1) is 6.07 Å². The molecule has 0 radical (unpaired) electrons. The normalized spacial score (nSPS) is 20.6. The van der Waals surface area contributed by atoms with Crippen LogP contribution in [-0.4, -0.2) is 35.1 Å². The Morgan fingerprint density at radius 1 is 1.52 bits per heavy atom. The van der Waals surface area contributed by atoms with Crippen LogP contribution in [0.3, 0.4) is 0 Å². The summed E-state index contributed by atoms with van der Waals surface area (Å²) in [5.41, 5.74) is -0.211. The SMILES string of the molecule is CC1(C)CCCN(C(=O)COc2ccccc2O)C1C#N. The van der Waals surface area contributed by atoms with Gasteiger partial charge in [-0.2, -0.15) is 5.26 Å². The molecule has 5 nitrogen and oxygen atoms in total. The fourth-order valence-electron chi connectivity index (χ4n) is 2.71. The standard InChI is InChI=1S/C16H20N2O3/c1-16(2)8-5-9-18(14(16)10-17)15(20)11-21-13-7-4-3-6-12(13)19/h3-4,6-7,14,19H,5,8-9,11H2,1-2H3. The first-order chi connectivity index (χ1) is 9.95. The molecular weight excluding hydrogens is 268 g/mol. The zero-order valence-corrected chi connectivity index (χ0v) is 12.4. The van der Waals surface area contributed by atoms with Gasteiger partial charge in [-0.15, -0.1) is 0 Å². The smallest absolute Gasteiger partial charge is 0.261 e. The number of ether oxygens (including phenoxy) is 1. The summed E-state index contributed by atoms with van der Waals surface area (Å²) < 4.78 is 5.36. The second-order valence-corrected chi connectivity index (χ2v) is 5.97. The van der Waals surface area contributed by atoms with E-state index in [1.165, 1.54) is 6.07 Å². The Labute approximate surface area is 124 Å². The lowest BCUT2D eigenvalue weighted by Crippen LogP contribution is -2.52. The summed E-state index contributed by atoms with van der Waals surface area (Å²) >= 11 is 0. The van der Waals surface area contributed by atoms with E-state index in [9.17, 15) is 15.2 Å². The van der Waals surface area contributed by atoms with Crippen molar-refractivity contribution in [1.82, 2.24) is 4.90 Å². The van der Waals surface area contributed by atoms with Crippen molar-refractivity contribution < 1.29 is 14.6 Å². The molecule has 1 aromatic carbocycles. The number of nitrogens with zero attached hydrogens (tertiary/aromatic N) is 2. The number of carbonyl (C=O) groups excluding carboxylic acids is 1. The van der Waals surface area contributed by atoms with E-state index >= 15 is 0 Å². The van der Waals surface area contributed by atoms with Crippen LogP contribution in [0.2, 0.25) is 0 Å². The van der Waals surface area contributed by atoms with E-state index in [1.54, 1.807) is 23.1 Å². The predicted octanol–water partition coefficient (Wildman–Crippen LogP) is 2.31. The lowest BCUT2D eigenvalue weighted by Gasteiger charge is -2.42. The maximum absolute atomic E-state index is 12.3. The number of amides is 1. The number of phenolic OH excluding ortho intramolecular Hbond substituents is 1. The number of aromatic hydroxyl groups is 1. The van der Waals surface area contributed by atoms with Gasteiger partial charge >= 0.3 is 0 Å². The van der Waals surface area contributed by atoms with E-state index in [1.807, 2.05) is 13.8 Å². The number of benzene rings is 1. The van der Waals surface area contributed by atoms with Crippen molar-refractivity contribution in [3.63, 3.8) is 0 Å². The summed E-state index contributed by atoms with van der Waals surface area (Å²) in [5.74, 6) is 0.0503. The average Bonchev–Trinajstić information content (AvgIpc) is 2.45. The number of hydrogen-bond acceptors (Lipinski definition) is 4. The third-order valence-corrected chi connectivity index (χ3v) is 3.93. The first-order valence-corrected chi connectivity index (χ1v) is 7.05. The Morgan fingerprint density at radius 3 is 2.90 bits per heavy atom. The van der Waals surface area contributed by atoms with Gasteiger partial charge in [0.1, 0.15) is 6.04 Å². The molecule has 0 spiro atoms. The molecule has 1 heterocycles. The van der Waals surface area contributed by atoms with E-state index < -0.39 is 6.04 Å². The van der Waals surface area contributed by atoms with Gasteiger partial charge in [0.25, 0.3) is 5.91 Å². The third kappa shape index (κ3) is 3.27. The van der Waals surface area contributed by atoms with Crippen LogP contribution in [0, 0.1) is 16.7 Å². The zero-order valence-electron chi connectivity index (χ0n) is 12.4. The molecule has 1 N–H and O–H groups in total. The molecule has 1 aromatic rings. The molecule has 1 fully saturated rings. The lowest BCUT2D eigenvalue weighted by atomic mass is 9.77. The zero-order chi connectivity index (χ0) is 15.5. The summed E-state index contributed by atoms with van der Waals surface area (Å²) in [6, 6.07) is 8.31. The van der Waals surface area contributed by atoms with Gasteiger partial charge in [-0.25, -0.2) is 0 Å². The number of rotatable bonds is 3. The largest absolute Gasteiger partial charge is 0.504 e. The van der Waals surface area contributed by atoms with Gasteiger partial charge in [0, 0.05) is 6.54 Å². The number of hydrogen-bond donors (Lipinski definition) is 1. The lowest BCUT2D eigenvalue weighted by molar-refractivity contribution is -0.138. The average molecular weight is 288 g/mol. The molecule has 2 rings (SSSR count). The van der Waals surface area contributed by atoms with E-state index in [0.29, 0.717) is 6.54 Å². The number of piperidine rings is 1. The Balaban J connectivity index is 2.03. The molecule has 0 bridgehead atoms. The van der Waals surface area contributed by atoms with Crippen LogP contribution in [0.4, 0.5) is 0 Å². The summed E-state index contributed by atoms with van der Waals surface area (Å²) in [5, 5.41) is 19.0. The summed E-state index contributed by atoms with van der Waals surface area (Å²) in [6.07, 6.45) is 1.81. The molecule has 21 heavy (non-hydrogen) atoms. The maximum Gasteiger partial charge on any atom is 0.261 e. The number of carbonyl (C=O) groups is 1. The van der Waals surface area contributed by atoms with Gasteiger partial charge in [-0.3, -0.25) is 4.79 Å². The third-order valence-electron chi connectivity index (χ3n) is 3.93. The molecular formula is C16H20N2O3. The summed E-state index contributed by atoms with van der Waals surface area (Å²) in [6.45, 7) is 4.41. The predicted molar refractivity (Wildman–Crippen MR) is 77.7 cm³/mol. The van der Waals surface area contributed by atoms with Crippen molar-refractivity contribution >= 4 is 5.91 Å². The molecule has 112 valence electrons. The molecule has 1 aliphatic rings. The van der Waals surface area contributed by atoms with Crippen molar-refractivity contribution in [3.8, 4) is 17.6 Å². The van der Waals surface area contributed by atoms with E-state index in [2.05, 4.69) is 6.07 Å². The highest BCUT2D eigenvalue weighted by Gasteiger charge is 2.40. The summed E-state index contributed by atoms with van der Waals surface area (Å²) in [4.78, 5) is 13.9. The Hall–Kier alpha value is -2.22. The molecule has 1 saturated heterocycles. The highest BCUT2D eigenvalue weighted by molar-refractivity contribution is 5.78. The molecule has 0 saturated carbocycles. The van der Waals surface area contributed by atoms with Crippen molar-refractivity contribution in [3.05, 3.63) is 24.3 Å². The van der Waals surface area contributed by atoms with Crippen molar-refractivity contribution in [1.29, 1.82) is 5.26 Å². The van der Waals surface area contributed by atoms with Crippen LogP contribution >= 0.6 is 0 Å². The molecule has 5 heteroatoms. The molecule has 1 atom stereocenters. The monoisotopic (exact) mass is 288 g/mol. The Kier molecular flexibility index (Phi) is 4.37. The van der Waals surface area contributed by atoms with Crippen LogP contribution in [0.25, 0.3) is 0 Å². The van der Waals surface area contributed by atoms with Crippen molar-refractivity contribution in [2.45, 2.75) is 32.7 Å². The minimum absolute atomic E-state index is 0.00103.